The Bertz CT molecular complexity index is 408. The molecule has 1 unspecified atom stereocenters. The highest BCUT2D eigenvalue weighted by Crippen LogP contribution is 2.30. The van der Waals surface area contributed by atoms with Crippen molar-refractivity contribution in [3.05, 3.63) is 22.8 Å². The van der Waals surface area contributed by atoms with E-state index in [1.165, 1.54) is 0 Å². The Balaban J connectivity index is 3.79. The second kappa shape index (κ2) is 4.60. The average Bonchev–Trinajstić information content (AvgIpc) is 2.10. The second-order valence-electron chi connectivity index (χ2n) is 6.92. The zero-order valence-electron chi connectivity index (χ0n) is 12.3. The number of hydrogen-bond donors (Lipinski definition) is 0. The molecule has 0 nitrogen and oxygen atoms in total. The van der Waals surface area contributed by atoms with Gasteiger partial charge in [-0.15, -0.1) is 9.24 Å². The van der Waals surface area contributed by atoms with Crippen LogP contribution >= 0.6 is 9.24 Å². The summed E-state index contributed by atoms with van der Waals surface area (Å²) in [6.07, 6.45) is 0. The van der Waals surface area contributed by atoms with Crippen LogP contribution in [0, 0.1) is 11.6 Å². The molecule has 100 valence electrons. The summed E-state index contributed by atoms with van der Waals surface area (Å²) in [5.41, 5.74) is 0.532. The van der Waals surface area contributed by atoms with Crippen LogP contribution in [0.5, 0.6) is 0 Å². The minimum atomic E-state index is -0.414. The number of hydrogen-bond acceptors (Lipinski definition) is 0. The van der Waals surface area contributed by atoms with E-state index in [-0.39, 0.29) is 11.6 Å². The van der Waals surface area contributed by atoms with E-state index in [1.807, 2.05) is 41.5 Å². The molecule has 0 heterocycles. The Kier molecular flexibility index (Phi) is 3.99. The van der Waals surface area contributed by atoms with E-state index in [2.05, 4.69) is 9.24 Å². The standard InChI is InChI=1S/C14H22BF2P/c1-13(2,3)7-9(15)10(16)8(14(4,5)6)12(18)11(7)17/h15,18H2,1-6H3. The zero-order chi connectivity index (χ0) is 14.5. The molecular weight excluding hydrogens is 248 g/mol. The van der Waals surface area contributed by atoms with E-state index in [1.54, 1.807) is 7.85 Å². The van der Waals surface area contributed by atoms with Crippen molar-refractivity contribution in [3.8, 4) is 0 Å². The van der Waals surface area contributed by atoms with E-state index in [0.717, 1.165) is 0 Å². The van der Waals surface area contributed by atoms with Gasteiger partial charge in [-0.3, -0.25) is 0 Å². The molecule has 0 saturated heterocycles. The van der Waals surface area contributed by atoms with Crippen molar-refractivity contribution in [1.82, 2.24) is 0 Å². The first-order valence-electron chi connectivity index (χ1n) is 6.17. The first-order chi connectivity index (χ1) is 7.89. The largest absolute Gasteiger partial charge is 0.207 e. The van der Waals surface area contributed by atoms with Crippen LogP contribution in [-0.4, -0.2) is 7.85 Å². The van der Waals surface area contributed by atoms with Crippen molar-refractivity contribution in [2.75, 3.05) is 0 Å². The van der Waals surface area contributed by atoms with Gasteiger partial charge in [0.1, 0.15) is 19.5 Å². The molecule has 18 heavy (non-hydrogen) atoms. The summed E-state index contributed by atoms with van der Waals surface area (Å²) in [5.74, 6) is -0.574. The molecule has 1 aromatic carbocycles. The van der Waals surface area contributed by atoms with Crippen LogP contribution in [0.4, 0.5) is 8.78 Å². The minimum Gasteiger partial charge on any atom is -0.207 e. The van der Waals surface area contributed by atoms with Crippen LogP contribution in [0.3, 0.4) is 0 Å². The monoisotopic (exact) mass is 270 g/mol. The van der Waals surface area contributed by atoms with Gasteiger partial charge in [0.2, 0.25) is 0 Å². The van der Waals surface area contributed by atoms with Crippen molar-refractivity contribution in [3.63, 3.8) is 0 Å². The van der Waals surface area contributed by atoms with Crippen LogP contribution in [-0.2, 0) is 10.8 Å². The van der Waals surface area contributed by atoms with E-state index in [9.17, 15) is 8.78 Å². The SMILES string of the molecule is Bc1c(F)c(C(C)(C)C)c(P)c(F)c1C(C)(C)C. The fraction of sp³-hybridized carbons (Fsp3) is 0.571. The smallest absolute Gasteiger partial charge is 0.143 e. The molecule has 0 amide bonds. The third-order valence-electron chi connectivity index (χ3n) is 3.15. The highest BCUT2D eigenvalue weighted by molar-refractivity contribution is 7.27. The normalized spacial score (nSPS) is 12.9. The molecule has 1 rings (SSSR count). The molecule has 0 aliphatic rings. The Morgan fingerprint density at radius 1 is 0.833 bits per heavy atom. The van der Waals surface area contributed by atoms with Crippen LogP contribution in [0.25, 0.3) is 0 Å². The van der Waals surface area contributed by atoms with E-state index >= 15 is 0 Å². The van der Waals surface area contributed by atoms with Crippen LogP contribution in [0.1, 0.15) is 52.7 Å². The first kappa shape index (κ1) is 15.6. The minimum absolute atomic E-state index is 0.279. The third-order valence-corrected chi connectivity index (χ3v) is 3.69. The lowest BCUT2D eigenvalue weighted by Gasteiger charge is -2.29. The predicted molar refractivity (Wildman–Crippen MR) is 81.3 cm³/mol. The molecule has 1 aromatic rings. The highest BCUT2D eigenvalue weighted by Gasteiger charge is 2.31. The number of rotatable bonds is 0. The Hall–Kier alpha value is -0.425. The molecule has 0 N–H and O–H groups in total. The highest BCUT2D eigenvalue weighted by atomic mass is 31.0. The predicted octanol–water partition coefficient (Wildman–Crippen LogP) is 2.32. The van der Waals surface area contributed by atoms with E-state index in [4.69, 9.17) is 0 Å². The van der Waals surface area contributed by atoms with Gasteiger partial charge in [-0.25, -0.2) is 8.78 Å². The summed E-state index contributed by atoms with van der Waals surface area (Å²) in [7, 11) is 4.03. The molecular formula is C14H22BF2P. The number of halogens is 2. The Morgan fingerprint density at radius 2 is 1.22 bits per heavy atom. The fourth-order valence-corrected chi connectivity index (χ4v) is 3.15. The Morgan fingerprint density at radius 3 is 1.56 bits per heavy atom. The van der Waals surface area contributed by atoms with Crippen LogP contribution in [0.2, 0.25) is 0 Å². The summed E-state index contributed by atoms with van der Waals surface area (Å²) in [6, 6.07) is 0. The summed E-state index contributed by atoms with van der Waals surface area (Å²) >= 11 is 0. The van der Waals surface area contributed by atoms with Gasteiger partial charge in [-0.05, 0) is 21.9 Å². The lowest BCUT2D eigenvalue weighted by atomic mass is 9.73. The third kappa shape index (κ3) is 2.61. The average molecular weight is 270 g/mol. The summed E-state index contributed by atoms with van der Waals surface area (Å²) in [4.78, 5) is 0. The van der Waals surface area contributed by atoms with Gasteiger partial charge in [-0.2, -0.15) is 0 Å². The van der Waals surface area contributed by atoms with Gasteiger partial charge in [0.05, 0.1) is 0 Å². The van der Waals surface area contributed by atoms with Crippen molar-refractivity contribution in [2.24, 2.45) is 0 Å². The summed E-state index contributed by atoms with van der Waals surface area (Å²) < 4.78 is 29.1. The van der Waals surface area contributed by atoms with Gasteiger partial charge < -0.3 is 0 Å². The maximum Gasteiger partial charge on any atom is 0.143 e. The van der Waals surface area contributed by atoms with E-state index in [0.29, 0.717) is 21.9 Å². The van der Waals surface area contributed by atoms with Crippen molar-refractivity contribution < 1.29 is 8.78 Å². The molecule has 0 aliphatic heterocycles. The summed E-state index contributed by atoms with van der Waals surface area (Å²) in [6.45, 7) is 11.4. The molecule has 0 bridgehead atoms. The summed E-state index contributed by atoms with van der Waals surface area (Å²) in [5, 5.41) is 0.357. The van der Waals surface area contributed by atoms with Gasteiger partial charge in [0.15, 0.2) is 0 Å². The first-order valence-corrected chi connectivity index (χ1v) is 6.74. The van der Waals surface area contributed by atoms with Gasteiger partial charge in [0.25, 0.3) is 0 Å². The maximum atomic E-state index is 14.5. The Labute approximate surface area is 112 Å². The lowest BCUT2D eigenvalue weighted by molar-refractivity contribution is 0.497. The molecule has 0 aromatic heterocycles. The second-order valence-corrected chi connectivity index (χ2v) is 7.49. The van der Waals surface area contributed by atoms with Crippen molar-refractivity contribution >= 4 is 27.9 Å². The van der Waals surface area contributed by atoms with Crippen LogP contribution in [0.15, 0.2) is 0 Å². The van der Waals surface area contributed by atoms with Gasteiger partial charge in [0, 0.05) is 10.9 Å². The maximum absolute atomic E-state index is 14.5. The van der Waals surface area contributed by atoms with Crippen molar-refractivity contribution in [1.29, 1.82) is 0 Å². The fourth-order valence-electron chi connectivity index (χ4n) is 2.45. The van der Waals surface area contributed by atoms with Gasteiger partial charge in [-0.1, -0.05) is 41.5 Å². The molecule has 4 heteroatoms. The topological polar surface area (TPSA) is 0 Å². The van der Waals surface area contributed by atoms with Crippen LogP contribution < -0.4 is 10.8 Å². The molecule has 0 radical (unpaired) electrons. The molecule has 1 atom stereocenters. The molecule has 0 fully saturated rings. The number of benzene rings is 1. The molecule has 0 spiro atoms. The quantitative estimate of drug-likeness (QED) is 0.501. The van der Waals surface area contributed by atoms with Crippen molar-refractivity contribution in [2.45, 2.75) is 52.4 Å². The lowest BCUT2D eigenvalue weighted by Crippen LogP contribution is -2.36. The van der Waals surface area contributed by atoms with E-state index < -0.39 is 10.8 Å². The molecule has 0 aliphatic carbocycles. The zero-order valence-corrected chi connectivity index (χ0v) is 13.5. The van der Waals surface area contributed by atoms with Gasteiger partial charge >= 0.3 is 0 Å². The molecule has 0 saturated carbocycles.